The van der Waals surface area contributed by atoms with Crippen molar-refractivity contribution in [2.75, 3.05) is 49.7 Å². The lowest BCUT2D eigenvalue weighted by atomic mass is 10.2. The summed E-state index contributed by atoms with van der Waals surface area (Å²) < 4.78 is 24.8. The van der Waals surface area contributed by atoms with Gasteiger partial charge in [-0.25, -0.2) is 9.18 Å². The third kappa shape index (κ3) is 2.66. The van der Waals surface area contributed by atoms with Crippen LogP contribution in [0.4, 0.5) is 20.6 Å². The minimum atomic E-state index is -0.463. The molecule has 2 heterocycles. The number of carbonyl (C=O) groups is 1. The lowest BCUT2D eigenvalue weighted by Gasteiger charge is -2.32. The first-order chi connectivity index (χ1) is 10.2. The number of ether oxygens (including phenoxy) is 2. The van der Waals surface area contributed by atoms with E-state index in [0.29, 0.717) is 44.2 Å². The highest BCUT2D eigenvalue weighted by Gasteiger charge is 2.34. The normalized spacial score (nSPS) is 22.6. The minimum Gasteiger partial charge on any atom is -0.428 e. The Morgan fingerprint density at radius 2 is 2.10 bits per heavy atom. The number of rotatable bonds is 3. The van der Waals surface area contributed by atoms with Crippen LogP contribution < -0.4 is 15.1 Å². The zero-order chi connectivity index (χ0) is 14.8. The van der Waals surface area contributed by atoms with Gasteiger partial charge in [0.15, 0.2) is 6.23 Å². The van der Waals surface area contributed by atoms with E-state index in [1.807, 2.05) is 4.90 Å². The molecule has 114 valence electrons. The standard InChI is InChI=1S/C14H18FN3O3/c1-16-12-9-18(14(19)21-12)11-4-2-3-10(15)13(11)17-5-7-20-8-6-17/h2-4,12,16H,5-9H2,1H3/t12-/m0/s1. The maximum atomic E-state index is 14.3. The molecular formula is C14H18FN3O3. The summed E-state index contributed by atoms with van der Waals surface area (Å²) in [5, 5.41) is 2.90. The van der Waals surface area contributed by atoms with Gasteiger partial charge in [0.05, 0.1) is 31.1 Å². The number of hydrogen-bond acceptors (Lipinski definition) is 5. The van der Waals surface area contributed by atoms with Gasteiger partial charge in [-0.15, -0.1) is 0 Å². The van der Waals surface area contributed by atoms with Crippen molar-refractivity contribution in [3.05, 3.63) is 24.0 Å². The molecule has 7 heteroatoms. The van der Waals surface area contributed by atoms with Crippen molar-refractivity contribution >= 4 is 17.5 Å². The van der Waals surface area contributed by atoms with Crippen LogP contribution in [0, 0.1) is 5.82 Å². The molecule has 1 aromatic rings. The molecule has 6 nitrogen and oxygen atoms in total. The van der Waals surface area contributed by atoms with E-state index in [4.69, 9.17) is 9.47 Å². The van der Waals surface area contributed by atoms with E-state index in [1.54, 1.807) is 19.2 Å². The molecule has 2 aliphatic rings. The number of nitrogens with one attached hydrogen (secondary N) is 1. The average Bonchev–Trinajstić information content (AvgIpc) is 2.89. The summed E-state index contributed by atoms with van der Waals surface area (Å²) in [5.41, 5.74) is 0.981. The molecule has 0 aromatic heterocycles. The smallest absolute Gasteiger partial charge is 0.416 e. The fourth-order valence-corrected chi connectivity index (χ4v) is 2.63. The van der Waals surface area contributed by atoms with Gasteiger partial charge >= 0.3 is 6.09 Å². The Bertz CT molecular complexity index is 534. The van der Waals surface area contributed by atoms with Gasteiger partial charge in [0.25, 0.3) is 0 Å². The van der Waals surface area contributed by atoms with Crippen LogP contribution in [-0.2, 0) is 9.47 Å². The average molecular weight is 295 g/mol. The van der Waals surface area contributed by atoms with Gasteiger partial charge in [0, 0.05) is 13.1 Å². The number of benzene rings is 1. The van der Waals surface area contributed by atoms with E-state index in [-0.39, 0.29) is 12.0 Å². The largest absolute Gasteiger partial charge is 0.428 e. The second-order valence-corrected chi connectivity index (χ2v) is 4.98. The molecule has 1 atom stereocenters. The lowest BCUT2D eigenvalue weighted by Crippen LogP contribution is -2.38. The molecule has 21 heavy (non-hydrogen) atoms. The topological polar surface area (TPSA) is 54.0 Å². The van der Waals surface area contributed by atoms with E-state index >= 15 is 0 Å². The minimum absolute atomic E-state index is 0.338. The Kier molecular flexibility index (Phi) is 3.94. The Balaban J connectivity index is 1.95. The van der Waals surface area contributed by atoms with Crippen LogP contribution in [0.25, 0.3) is 0 Å². The third-order valence-electron chi connectivity index (χ3n) is 3.72. The molecule has 1 aromatic carbocycles. The maximum absolute atomic E-state index is 14.3. The molecule has 0 radical (unpaired) electrons. The van der Waals surface area contributed by atoms with Crippen LogP contribution in [0.2, 0.25) is 0 Å². The van der Waals surface area contributed by atoms with E-state index in [0.717, 1.165) is 0 Å². The quantitative estimate of drug-likeness (QED) is 0.907. The third-order valence-corrected chi connectivity index (χ3v) is 3.72. The second kappa shape index (κ2) is 5.87. The highest BCUT2D eigenvalue weighted by molar-refractivity contribution is 5.94. The molecule has 0 saturated carbocycles. The number of halogens is 1. The Hall–Kier alpha value is -1.86. The predicted molar refractivity (Wildman–Crippen MR) is 76.1 cm³/mol. The van der Waals surface area contributed by atoms with Crippen LogP contribution >= 0.6 is 0 Å². The van der Waals surface area contributed by atoms with Crippen molar-refractivity contribution in [2.24, 2.45) is 0 Å². The van der Waals surface area contributed by atoms with Crippen LogP contribution in [0.15, 0.2) is 18.2 Å². The monoisotopic (exact) mass is 295 g/mol. The summed E-state index contributed by atoms with van der Waals surface area (Å²) in [6, 6.07) is 4.76. The highest BCUT2D eigenvalue weighted by atomic mass is 19.1. The lowest BCUT2D eigenvalue weighted by molar-refractivity contribution is 0.122. The Morgan fingerprint density at radius 3 is 2.76 bits per heavy atom. The highest BCUT2D eigenvalue weighted by Crippen LogP contribution is 2.34. The number of morpholine rings is 1. The van der Waals surface area contributed by atoms with Gasteiger partial charge < -0.3 is 14.4 Å². The van der Waals surface area contributed by atoms with Crippen molar-refractivity contribution < 1.29 is 18.7 Å². The van der Waals surface area contributed by atoms with Crippen molar-refractivity contribution in [3.63, 3.8) is 0 Å². The van der Waals surface area contributed by atoms with Crippen LogP contribution in [0.1, 0.15) is 0 Å². The SMILES string of the molecule is CN[C@@H]1CN(c2cccc(F)c2N2CCOCC2)C(=O)O1. The fourth-order valence-electron chi connectivity index (χ4n) is 2.63. The molecule has 2 saturated heterocycles. The first-order valence-electron chi connectivity index (χ1n) is 6.97. The summed E-state index contributed by atoms with van der Waals surface area (Å²) in [6.07, 6.45) is -0.840. The number of likely N-dealkylation sites (N-methyl/N-ethyl adjacent to an activating group) is 1. The summed E-state index contributed by atoms with van der Waals surface area (Å²) in [4.78, 5) is 15.4. The number of hydrogen-bond donors (Lipinski definition) is 1. The first kappa shape index (κ1) is 14.1. The van der Waals surface area contributed by atoms with Crippen molar-refractivity contribution in [2.45, 2.75) is 6.23 Å². The number of cyclic esters (lactones) is 1. The molecule has 2 fully saturated rings. The van der Waals surface area contributed by atoms with Crippen LogP contribution in [-0.4, -0.2) is 52.2 Å². The van der Waals surface area contributed by atoms with Gasteiger partial charge in [-0.05, 0) is 19.2 Å². The molecule has 1 amide bonds. The molecular weight excluding hydrogens is 277 g/mol. The molecule has 0 bridgehead atoms. The number of carbonyl (C=O) groups excluding carboxylic acids is 1. The molecule has 2 aliphatic heterocycles. The number of nitrogens with zero attached hydrogens (tertiary/aromatic N) is 2. The summed E-state index contributed by atoms with van der Waals surface area (Å²) in [5.74, 6) is -0.338. The zero-order valence-corrected chi connectivity index (χ0v) is 11.8. The number of amides is 1. The Morgan fingerprint density at radius 1 is 1.33 bits per heavy atom. The molecule has 1 N–H and O–H groups in total. The fraction of sp³-hybridized carbons (Fsp3) is 0.500. The Labute approximate surface area is 122 Å². The van der Waals surface area contributed by atoms with E-state index < -0.39 is 6.09 Å². The van der Waals surface area contributed by atoms with Gasteiger partial charge in [-0.2, -0.15) is 0 Å². The van der Waals surface area contributed by atoms with Gasteiger partial charge in [-0.1, -0.05) is 6.07 Å². The summed E-state index contributed by atoms with van der Waals surface area (Å²) >= 11 is 0. The van der Waals surface area contributed by atoms with E-state index in [9.17, 15) is 9.18 Å². The van der Waals surface area contributed by atoms with Crippen LogP contribution in [0.5, 0.6) is 0 Å². The number of para-hydroxylation sites is 1. The van der Waals surface area contributed by atoms with E-state index in [2.05, 4.69) is 5.32 Å². The molecule has 0 unspecified atom stereocenters. The molecule has 0 aliphatic carbocycles. The van der Waals surface area contributed by atoms with Gasteiger partial charge in [-0.3, -0.25) is 10.2 Å². The van der Waals surface area contributed by atoms with Crippen molar-refractivity contribution in [1.29, 1.82) is 0 Å². The first-order valence-corrected chi connectivity index (χ1v) is 6.97. The zero-order valence-electron chi connectivity index (χ0n) is 11.8. The molecule has 0 spiro atoms. The summed E-state index contributed by atoms with van der Waals surface area (Å²) in [6.45, 7) is 2.67. The van der Waals surface area contributed by atoms with Crippen LogP contribution in [0.3, 0.4) is 0 Å². The second-order valence-electron chi connectivity index (χ2n) is 4.98. The van der Waals surface area contributed by atoms with E-state index in [1.165, 1.54) is 11.0 Å². The predicted octanol–water partition coefficient (Wildman–Crippen LogP) is 1.16. The van der Waals surface area contributed by atoms with Gasteiger partial charge in [0.1, 0.15) is 5.82 Å². The van der Waals surface area contributed by atoms with Gasteiger partial charge in [0.2, 0.25) is 0 Å². The summed E-state index contributed by atoms with van der Waals surface area (Å²) in [7, 11) is 1.72. The maximum Gasteiger partial charge on any atom is 0.416 e. The number of anilines is 2. The van der Waals surface area contributed by atoms with Crippen molar-refractivity contribution in [3.8, 4) is 0 Å². The van der Waals surface area contributed by atoms with Crippen molar-refractivity contribution in [1.82, 2.24) is 5.32 Å². The molecule has 3 rings (SSSR count).